The van der Waals surface area contributed by atoms with Gasteiger partial charge in [-0.05, 0) is 26.0 Å². The first-order valence-electron chi connectivity index (χ1n) is 7.50. The Labute approximate surface area is 140 Å². The zero-order valence-electron chi connectivity index (χ0n) is 14.3. The summed E-state index contributed by atoms with van der Waals surface area (Å²) in [5.74, 6) is 0.806. The molecule has 7 nitrogen and oxygen atoms in total. The number of nitrogens with one attached hydrogen (secondary N) is 1. The van der Waals surface area contributed by atoms with Gasteiger partial charge in [0.2, 0.25) is 0 Å². The van der Waals surface area contributed by atoms with Crippen molar-refractivity contribution in [3.05, 3.63) is 51.7 Å². The highest BCUT2D eigenvalue weighted by atomic mass is 16.5. The molecule has 0 unspecified atom stereocenters. The van der Waals surface area contributed by atoms with Gasteiger partial charge in [0.05, 0.1) is 20.5 Å². The van der Waals surface area contributed by atoms with Crippen LogP contribution in [0.3, 0.4) is 0 Å². The second kappa shape index (κ2) is 7.63. The second-order valence-corrected chi connectivity index (χ2v) is 5.31. The number of aryl methyl sites for hydroxylation is 1. The molecular formula is C17H21N3O4. The van der Waals surface area contributed by atoms with Gasteiger partial charge in [-0.3, -0.25) is 14.2 Å². The van der Waals surface area contributed by atoms with Gasteiger partial charge in [0, 0.05) is 36.0 Å². The van der Waals surface area contributed by atoms with Crippen molar-refractivity contribution in [1.29, 1.82) is 0 Å². The lowest BCUT2D eigenvalue weighted by atomic mass is 10.2. The van der Waals surface area contributed by atoms with Crippen LogP contribution in [-0.4, -0.2) is 36.2 Å². The molecular weight excluding hydrogens is 310 g/mol. The summed E-state index contributed by atoms with van der Waals surface area (Å²) in [7, 11) is 3.05. The Morgan fingerprint density at radius 3 is 2.38 bits per heavy atom. The van der Waals surface area contributed by atoms with Crippen molar-refractivity contribution < 1.29 is 14.3 Å². The third kappa shape index (κ3) is 3.92. The summed E-state index contributed by atoms with van der Waals surface area (Å²) in [4.78, 5) is 28.5. The van der Waals surface area contributed by atoms with Gasteiger partial charge in [-0.2, -0.15) is 0 Å². The highest BCUT2D eigenvalue weighted by molar-refractivity contribution is 5.95. The van der Waals surface area contributed by atoms with Gasteiger partial charge >= 0.3 is 0 Å². The van der Waals surface area contributed by atoms with Crippen molar-refractivity contribution in [2.24, 2.45) is 0 Å². The van der Waals surface area contributed by atoms with Crippen molar-refractivity contribution in [3.63, 3.8) is 0 Å². The highest BCUT2D eigenvalue weighted by Crippen LogP contribution is 2.22. The summed E-state index contributed by atoms with van der Waals surface area (Å²) >= 11 is 0. The first-order chi connectivity index (χ1) is 11.5. The number of benzene rings is 1. The first-order valence-corrected chi connectivity index (χ1v) is 7.50. The number of methoxy groups -OCH3 is 2. The average Bonchev–Trinajstić information content (AvgIpc) is 2.60. The van der Waals surface area contributed by atoms with E-state index < -0.39 is 0 Å². The van der Waals surface area contributed by atoms with E-state index in [4.69, 9.17) is 9.47 Å². The SMILES string of the molecule is COc1cc(OC)cc(C(=O)NCCn2cnc(C)c(C)c2=O)c1. The fourth-order valence-corrected chi connectivity index (χ4v) is 2.17. The normalized spacial score (nSPS) is 10.3. The summed E-state index contributed by atoms with van der Waals surface area (Å²) in [6, 6.07) is 4.94. The molecule has 0 spiro atoms. The molecule has 1 aromatic heterocycles. The van der Waals surface area contributed by atoms with Gasteiger partial charge in [0.25, 0.3) is 11.5 Å². The third-order valence-corrected chi connectivity index (χ3v) is 3.77. The largest absolute Gasteiger partial charge is 0.497 e. The molecule has 0 aliphatic rings. The van der Waals surface area contributed by atoms with E-state index >= 15 is 0 Å². The minimum absolute atomic E-state index is 0.0974. The number of amides is 1. The zero-order valence-corrected chi connectivity index (χ0v) is 14.3. The number of hydrogen-bond acceptors (Lipinski definition) is 5. The molecule has 0 aliphatic heterocycles. The molecule has 0 radical (unpaired) electrons. The number of carbonyl (C=O) groups excluding carboxylic acids is 1. The van der Waals surface area contributed by atoms with Crippen LogP contribution >= 0.6 is 0 Å². The van der Waals surface area contributed by atoms with Gasteiger partial charge in [-0.15, -0.1) is 0 Å². The maximum absolute atomic E-state index is 12.3. The molecule has 7 heteroatoms. The average molecular weight is 331 g/mol. The minimum atomic E-state index is -0.267. The van der Waals surface area contributed by atoms with Crippen LogP contribution in [-0.2, 0) is 6.54 Å². The summed E-state index contributed by atoms with van der Waals surface area (Å²) < 4.78 is 11.8. The van der Waals surface area contributed by atoms with E-state index in [2.05, 4.69) is 10.3 Å². The van der Waals surface area contributed by atoms with Crippen LogP contribution in [0.4, 0.5) is 0 Å². The van der Waals surface area contributed by atoms with Crippen LogP contribution in [0.2, 0.25) is 0 Å². The predicted molar refractivity (Wildman–Crippen MR) is 89.9 cm³/mol. The fraction of sp³-hybridized carbons (Fsp3) is 0.353. The van der Waals surface area contributed by atoms with Crippen molar-refractivity contribution in [2.45, 2.75) is 20.4 Å². The van der Waals surface area contributed by atoms with Crippen LogP contribution in [0.15, 0.2) is 29.3 Å². The van der Waals surface area contributed by atoms with E-state index in [1.165, 1.54) is 25.1 Å². The fourth-order valence-electron chi connectivity index (χ4n) is 2.17. The molecule has 1 heterocycles. The smallest absolute Gasteiger partial charge is 0.256 e. The maximum Gasteiger partial charge on any atom is 0.256 e. The lowest BCUT2D eigenvalue weighted by Crippen LogP contribution is -2.32. The van der Waals surface area contributed by atoms with Crippen LogP contribution in [0, 0.1) is 13.8 Å². The molecule has 0 aliphatic carbocycles. The number of carbonyl (C=O) groups is 1. The van der Waals surface area contributed by atoms with Crippen molar-refractivity contribution in [2.75, 3.05) is 20.8 Å². The zero-order chi connectivity index (χ0) is 17.7. The molecule has 1 N–H and O–H groups in total. The third-order valence-electron chi connectivity index (χ3n) is 3.77. The molecule has 0 fully saturated rings. The Bertz CT molecular complexity index is 777. The van der Waals surface area contributed by atoms with Crippen molar-refractivity contribution in [1.82, 2.24) is 14.9 Å². The first kappa shape index (κ1) is 17.5. The van der Waals surface area contributed by atoms with E-state index in [0.717, 1.165) is 0 Å². The van der Waals surface area contributed by atoms with E-state index in [9.17, 15) is 9.59 Å². The van der Waals surface area contributed by atoms with E-state index in [0.29, 0.717) is 41.4 Å². The molecule has 1 aromatic carbocycles. The predicted octanol–water partition coefficient (Wildman–Crippen LogP) is 1.31. The van der Waals surface area contributed by atoms with Crippen molar-refractivity contribution >= 4 is 5.91 Å². The lowest BCUT2D eigenvalue weighted by molar-refractivity contribution is 0.0951. The number of hydrogen-bond donors (Lipinski definition) is 1. The summed E-state index contributed by atoms with van der Waals surface area (Å²) in [6.45, 7) is 4.18. The van der Waals surface area contributed by atoms with Crippen LogP contribution in [0.1, 0.15) is 21.6 Å². The van der Waals surface area contributed by atoms with Crippen LogP contribution in [0.5, 0.6) is 11.5 Å². The van der Waals surface area contributed by atoms with Gasteiger partial charge in [0.15, 0.2) is 0 Å². The molecule has 2 aromatic rings. The topological polar surface area (TPSA) is 82.4 Å². The molecule has 0 atom stereocenters. The number of aromatic nitrogens is 2. The van der Waals surface area contributed by atoms with Gasteiger partial charge in [-0.25, -0.2) is 4.98 Å². The van der Waals surface area contributed by atoms with Gasteiger partial charge in [-0.1, -0.05) is 0 Å². The Hall–Kier alpha value is -2.83. The Balaban J connectivity index is 2.04. The molecule has 128 valence electrons. The highest BCUT2D eigenvalue weighted by Gasteiger charge is 2.10. The standard InChI is InChI=1S/C17H21N3O4/c1-11-12(2)19-10-20(17(11)22)6-5-18-16(21)13-7-14(23-3)9-15(8-13)24-4/h7-10H,5-6H2,1-4H3,(H,18,21). The summed E-state index contributed by atoms with van der Waals surface area (Å²) in [5, 5.41) is 2.77. The van der Waals surface area contributed by atoms with Crippen LogP contribution < -0.4 is 20.3 Å². The van der Waals surface area contributed by atoms with Crippen LogP contribution in [0.25, 0.3) is 0 Å². The number of ether oxygens (including phenoxy) is 2. The number of nitrogens with zero attached hydrogens (tertiary/aromatic N) is 2. The van der Waals surface area contributed by atoms with Gasteiger partial charge in [0.1, 0.15) is 11.5 Å². The Morgan fingerprint density at radius 2 is 1.79 bits per heavy atom. The van der Waals surface area contributed by atoms with Gasteiger partial charge < -0.3 is 14.8 Å². The molecule has 1 amide bonds. The summed E-state index contributed by atoms with van der Waals surface area (Å²) in [5.41, 5.74) is 1.65. The second-order valence-electron chi connectivity index (χ2n) is 5.31. The molecule has 0 saturated carbocycles. The quantitative estimate of drug-likeness (QED) is 0.863. The van der Waals surface area contributed by atoms with E-state index in [-0.39, 0.29) is 11.5 Å². The minimum Gasteiger partial charge on any atom is -0.497 e. The maximum atomic E-state index is 12.3. The lowest BCUT2D eigenvalue weighted by Gasteiger charge is -2.10. The molecule has 0 saturated heterocycles. The Kier molecular flexibility index (Phi) is 5.57. The summed E-state index contributed by atoms with van der Waals surface area (Å²) in [6.07, 6.45) is 1.49. The molecule has 24 heavy (non-hydrogen) atoms. The Morgan fingerprint density at radius 1 is 1.17 bits per heavy atom. The molecule has 2 rings (SSSR count). The number of rotatable bonds is 6. The molecule has 0 bridgehead atoms. The van der Waals surface area contributed by atoms with Crippen molar-refractivity contribution in [3.8, 4) is 11.5 Å². The monoisotopic (exact) mass is 331 g/mol. The van der Waals surface area contributed by atoms with E-state index in [1.807, 2.05) is 0 Å². The van der Waals surface area contributed by atoms with E-state index in [1.54, 1.807) is 32.0 Å².